The van der Waals surface area contributed by atoms with Crippen LogP contribution in [0.3, 0.4) is 0 Å². The minimum atomic E-state index is -0.680. The van der Waals surface area contributed by atoms with Crippen LogP contribution in [0.2, 0.25) is 5.15 Å². The van der Waals surface area contributed by atoms with E-state index in [4.69, 9.17) is 17.4 Å². The van der Waals surface area contributed by atoms with Gasteiger partial charge in [-0.2, -0.15) is 0 Å². The van der Waals surface area contributed by atoms with E-state index in [-0.39, 0.29) is 16.4 Å². The van der Waals surface area contributed by atoms with Gasteiger partial charge in [0, 0.05) is 0 Å². The summed E-state index contributed by atoms with van der Waals surface area (Å²) in [7, 11) is 0. The number of nitrogen functional groups attached to an aromatic ring is 1. The zero-order chi connectivity index (χ0) is 9.84. The van der Waals surface area contributed by atoms with Gasteiger partial charge in [-0.15, -0.1) is 0 Å². The second kappa shape index (κ2) is 3.97. The lowest BCUT2D eigenvalue weighted by Crippen LogP contribution is -2.31. The van der Waals surface area contributed by atoms with Crippen molar-refractivity contribution in [1.29, 1.82) is 0 Å². The van der Waals surface area contributed by atoms with E-state index in [9.17, 15) is 9.59 Å². The summed E-state index contributed by atoms with van der Waals surface area (Å²) in [6, 6.07) is 2.72. The third-order valence-electron chi connectivity index (χ3n) is 1.32. The average Bonchev–Trinajstić information content (AvgIpc) is 2.16. The molecule has 67 valence electrons. The minimum absolute atomic E-state index is 0.0207. The fourth-order valence-corrected chi connectivity index (χ4v) is 0.907. The Kier molecular flexibility index (Phi) is 2.94. The summed E-state index contributed by atoms with van der Waals surface area (Å²) < 4.78 is 0. The molecular weight excluding hydrogens is 194 g/mol. The molecule has 0 spiro atoms. The number of nitrogens with two attached hydrogens (primary N) is 1. The van der Waals surface area contributed by atoms with Gasteiger partial charge in [-0.3, -0.25) is 15.0 Å². The molecule has 0 aromatic carbocycles. The Bertz CT molecular complexity index is 354. The highest BCUT2D eigenvalue weighted by Gasteiger charge is 2.12. The number of hydrogen-bond acceptors (Lipinski definition) is 4. The van der Waals surface area contributed by atoms with Crippen LogP contribution in [0.1, 0.15) is 16.1 Å². The van der Waals surface area contributed by atoms with E-state index in [1.165, 1.54) is 12.1 Å². The van der Waals surface area contributed by atoms with Gasteiger partial charge in [0.15, 0.2) is 0 Å². The van der Waals surface area contributed by atoms with Crippen LogP contribution in [-0.4, -0.2) is 17.2 Å². The molecule has 0 bridgehead atoms. The number of hydrogen-bond donors (Lipinski definition) is 2. The molecule has 1 aromatic heterocycles. The van der Waals surface area contributed by atoms with Crippen LogP contribution >= 0.6 is 11.6 Å². The molecule has 1 rings (SSSR count). The predicted octanol–water partition coefficient (Wildman–Crippen LogP) is -0.204. The van der Waals surface area contributed by atoms with Crippen molar-refractivity contribution < 1.29 is 9.59 Å². The molecule has 5 nitrogen and oxygen atoms in total. The number of nitrogens with zero attached hydrogens (tertiary/aromatic N) is 1. The number of hydrazine groups is 1. The number of nitrogens with one attached hydrogen (secondary N) is 1. The van der Waals surface area contributed by atoms with Gasteiger partial charge in [-0.1, -0.05) is 11.6 Å². The number of carbonyl (C=O) groups excluding carboxylic acids is 2. The van der Waals surface area contributed by atoms with Gasteiger partial charge in [0.05, 0.1) is 5.56 Å². The zero-order valence-corrected chi connectivity index (χ0v) is 7.13. The molecular formula is C7H5ClN3O2. The first kappa shape index (κ1) is 9.63. The van der Waals surface area contributed by atoms with Crippen molar-refractivity contribution in [3.05, 3.63) is 28.5 Å². The van der Waals surface area contributed by atoms with Gasteiger partial charge in [-0.25, -0.2) is 10.8 Å². The Morgan fingerprint density at radius 2 is 2.31 bits per heavy atom. The van der Waals surface area contributed by atoms with E-state index in [0.29, 0.717) is 0 Å². The van der Waals surface area contributed by atoms with Crippen molar-refractivity contribution in [2.24, 2.45) is 5.84 Å². The van der Waals surface area contributed by atoms with Crippen LogP contribution in [-0.2, 0) is 4.79 Å². The molecule has 0 saturated heterocycles. The van der Waals surface area contributed by atoms with Gasteiger partial charge < -0.3 is 0 Å². The van der Waals surface area contributed by atoms with Crippen LogP contribution in [0, 0.1) is 0 Å². The Morgan fingerprint density at radius 1 is 1.62 bits per heavy atom. The Balaban J connectivity index is 3.23. The Labute approximate surface area is 78.9 Å². The highest BCUT2D eigenvalue weighted by atomic mass is 35.5. The number of rotatable bonds is 2. The maximum absolute atomic E-state index is 11.0. The number of halogens is 1. The third-order valence-corrected chi connectivity index (χ3v) is 1.53. The first-order valence-electron chi connectivity index (χ1n) is 3.24. The van der Waals surface area contributed by atoms with Crippen molar-refractivity contribution in [2.75, 3.05) is 0 Å². The molecule has 1 amide bonds. The van der Waals surface area contributed by atoms with E-state index < -0.39 is 5.91 Å². The fourth-order valence-electron chi connectivity index (χ4n) is 0.759. The molecule has 0 fully saturated rings. The second-order valence-corrected chi connectivity index (χ2v) is 2.49. The third kappa shape index (κ3) is 2.01. The van der Waals surface area contributed by atoms with Crippen molar-refractivity contribution in [3.8, 4) is 0 Å². The van der Waals surface area contributed by atoms with Crippen molar-refractivity contribution in [3.63, 3.8) is 0 Å². The van der Waals surface area contributed by atoms with Crippen LogP contribution in [0.5, 0.6) is 0 Å². The van der Waals surface area contributed by atoms with Crippen LogP contribution < -0.4 is 11.3 Å². The van der Waals surface area contributed by atoms with E-state index in [1.807, 2.05) is 5.43 Å². The fraction of sp³-hybridized carbons (Fsp3) is 0. The summed E-state index contributed by atoms with van der Waals surface area (Å²) in [6.45, 7) is 0. The summed E-state index contributed by atoms with van der Waals surface area (Å²) >= 11 is 5.51. The molecule has 0 atom stereocenters. The first-order chi connectivity index (χ1) is 6.19. The highest BCUT2D eigenvalue weighted by Crippen LogP contribution is 2.09. The zero-order valence-electron chi connectivity index (χ0n) is 6.37. The SMILES string of the molecule is NNC(=O)c1nc(Cl)ccc1[C]=O. The van der Waals surface area contributed by atoms with E-state index in [0.717, 1.165) is 0 Å². The molecule has 1 heterocycles. The minimum Gasteiger partial charge on any atom is -0.289 e. The Hall–Kier alpha value is -1.46. The first-order valence-corrected chi connectivity index (χ1v) is 3.62. The lowest BCUT2D eigenvalue weighted by atomic mass is 10.2. The largest absolute Gasteiger partial charge is 0.289 e. The summed E-state index contributed by atoms with van der Waals surface area (Å²) in [6.07, 6.45) is 1.55. The van der Waals surface area contributed by atoms with Crippen LogP contribution in [0.4, 0.5) is 0 Å². The molecule has 3 N–H and O–H groups in total. The summed E-state index contributed by atoms with van der Waals surface area (Å²) in [4.78, 5) is 25.0. The van der Waals surface area contributed by atoms with Gasteiger partial charge in [0.25, 0.3) is 5.91 Å². The molecule has 0 aliphatic rings. The molecule has 0 unspecified atom stereocenters. The lowest BCUT2D eigenvalue weighted by Gasteiger charge is -2.00. The smallest absolute Gasteiger partial charge is 0.284 e. The predicted molar refractivity (Wildman–Crippen MR) is 45.7 cm³/mol. The van der Waals surface area contributed by atoms with Crippen molar-refractivity contribution in [2.45, 2.75) is 0 Å². The van der Waals surface area contributed by atoms with Gasteiger partial charge in [-0.05, 0) is 12.1 Å². The molecule has 6 heteroatoms. The molecule has 0 aliphatic heterocycles. The van der Waals surface area contributed by atoms with Crippen molar-refractivity contribution >= 4 is 23.8 Å². The van der Waals surface area contributed by atoms with Crippen LogP contribution in [0.15, 0.2) is 12.1 Å². The number of aromatic nitrogens is 1. The monoisotopic (exact) mass is 198 g/mol. The maximum Gasteiger partial charge on any atom is 0.284 e. The lowest BCUT2D eigenvalue weighted by molar-refractivity contribution is 0.0948. The molecule has 1 radical (unpaired) electrons. The number of pyridine rings is 1. The molecule has 0 saturated carbocycles. The van der Waals surface area contributed by atoms with Gasteiger partial charge in [0.2, 0.25) is 6.29 Å². The van der Waals surface area contributed by atoms with E-state index in [2.05, 4.69) is 4.98 Å². The summed E-state index contributed by atoms with van der Waals surface area (Å²) in [5, 5.41) is 0.109. The summed E-state index contributed by atoms with van der Waals surface area (Å²) in [5.41, 5.74) is 1.73. The quantitative estimate of drug-likeness (QED) is 0.298. The molecule has 1 aromatic rings. The summed E-state index contributed by atoms with van der Waals surface area (Å²) in [5.74, 6) is 4.19. The maximum atomic E-state index is 11.0. The number of carbonyl (C=O) groups is 1. The van der Waals surface area contributed by atoms with E-state index in [1.54, 1.807) is 6.29 Å². The molecule has 0 aliphatic carbocycles. The highest BCUT2D eigenvalue weighted by molar-refractivity contribution is 6.29. The topological polar surface area (TPSA) is 85.1 Å². The Morgan fingerprint density at radius 3 is 2.85 bits per heavy atom. The standard InChI is InChI=1S/C7H5ClN3O2/c8-5-2-1-4(3-12)6(10-5)7(13)11-9/h1-2H,9H2,(H,11,13). The van der Waals surface area contributed by atoms with Gasteiger partial charge >= 0.3 is 0 Å². The average molecular weight is 199 g/mol. The van der Waals surface area contributed by atoms with Crippen molar-refractivity contribution in [1.82, 2.24) is 10.4 Å². The molecule has 13 heavy (non-hydrogen) atoms. The second-order valence-electron chi connectivity index (χ2n) is 2.11. The van der Waals surface area contributed by atoms with Crippen LogP contribution in [0.25, 0.3) is 0 Å². The van der Waals surface area contributed by atoms with Gasteiger partial charge in [0.1, 0.15) is 10.8 Å². The normalized spacial score (nSPS) is 9.38. The number of amides is 1. The van der Waals surface area contributed by atoms with E-state index >= 15 is 0 Å².